The molecule has 11 rings (SSSR count). The van der Waals surface area contributed by atoms with Gasteiger partial charge in [-0.3, -0.25) is 9.13 Å². The third kappa shape index (κ3) is 7.32. The van der Waals surface area contributed by atoms with Gasteiger partial charge in [-0.05, 0) is 35.3 Å². The Bertz CT molecular complexity index is 2530. The Kier molecular flexibility index (Phi) is 11.9. The normalized spacial score (nSPS) is 28.6. The van der Waals surface area contributed by atoms with Gasteiger partial charge in [-0.15, -0.1) is 5.46 Å². The van der Waals surface area contributed by atoms with Crippen molar-refractivity contribution in [2.75, 3.05) is 24.7 Å². The SMILES string of the molecule is Nc1ncnc2c1ncn2[C@@H]1O[C@H](CO)[C@@H]2O[B-]3(OCc4cc(F)ccc43)OC21.Nc1ncnc2c1ncn2[C@@H]1O[C@H](CO)[C@H](O)C1O.OB1OCc2cc(F)ccc21.[Na+]. The Labute approximate surface area is 359 Å². The van der Waals surface area contributed by atoms with Crippen LogP contribution in [0.3, 0.4) is 0 Å². The van der Waals surface area contributed by atoms with Gasteiger partial charge in [-0.1, -0.05) is 17.7 Å². The Morgan fingerprint density at radius 1 is 0.733 bits per heavy atom. The van der Waals surface area contributed by atoms with Crippen LogP contribution < -0.4 is 52.0 Å². The fraction of sp³-hybridized carbons (Fsp3) is 0.353. The summed E-state index contributed by atoms with van der Waals surface area (Å²) in [6.45, 7) is -2.45. The Balaban J connectivity index is 0.000000138. The number of aromatic nitrogens is 8. The molecule has 21 nitrogen and oxygen atoms in total. The van der Waals surface area contributed by atoms with Crippen LogP contribution in [0.2, 0.25) is 0 Å². The molecule has 5 aliphatic heterocycles. The summed E-state index contributed by atoms with van der Waals surface area (Å²) in [5.74, 6) is -0.173. The van der Waals surface area contributed by atoms with Crippen molar-refractivity contribution in [2.45, 2.75) is 62.3 Å². The molecule has 60 heavy (non-hydrogen) atoms. The van der Waals surface area contributed by atoms with Gasteiger partial charge in [-0.25, -0.2) is 38.7 Å². The summed E-state index contributed by atoms with van der Waals surface area (Å²) in [4.78, 5) is 24.4. The Morgan fingerprint density at radius 3 is 1.95 bits per heavy atom. The van der Waals surface area contributed by atoms with E-state index in [0.717, 1.165) is 5.56 Å². The maximum Gasteiger partial charge on any atom is 1.00 e. The molecule has 1 spiro atoms. The number of hydrogen-bond donors (Lipinski definition) is 7. The van der Waals surface area contributed by atoms with E-state index in [-0.39, 0.29) is 66.0 Å². The second-order valence-electron chi connectivity index (χ2n) is 14.1. The van der Waals surface area contributed by atoms with Gasteiger partial charge in [0.2, 0.25) is 0 Å². The van der Waals surface area contributed by atoms with Gasteiger partial charge in [0.25, 0.3) is 0 Å². The van der Waals surface area contributed by atoms with Gasteiger partial charge >= 0.3 is 43.4 Å². The summed E-state index contributed by atoms with van der Waals surface area (Å²) in [6.07, 6.45) is -1.05. The van der Waals surface area contributed by atoms with Crippen LogP contribution in [0.5, 0.6) is 0 Å². The van der Waals surface area contributed by atoms with E-state index in [9.17, 15) is 24.1 Å². The third-order valence-corrected chi connectivity index (χ3v) is 10.7. The average Bonchev–Trinajstić information content (AvgIpc) is 4.11. The zero-order valence-electron chi connectivity index (χ0n) is 31.5. The summed E-state index contributed by atoms with van der Waals surface area (Å²) in [5, 5.41) is 47.7. The minimum Gasteiger partial charge on any atom is -0.537 e. The van der Waals surface area contributed by atoms with Crippen molar-refractivity contribution < 1.29 is 91.9 Å². The number of anilines is 2. The molecule has 4 aromatic heterocycles. The summed E-state index contributed by atoms with van der Waals surface area (Å²) in [5.41, 5.74) is 16.0. The minimum absolute atomic E-state index is 0. The molecule has 26 heteroatoms. The fourth-order valence-electron chi connectivity index (χ4n) is 7.81. The van der Waals surface area contributed by atoms with Gasteiger partial charge in [0.15, 0.2) is 35.4 Å². The average molecular weight is 842 g/mol. The second-order valence-corrected chi connectivity index (χ2v) is 14.1. The molecule has 2 aromatic carbocycles. The maximum absolute atomic E-state index is 13.6. The van der Waals surface area contributed by atoms with Crippen LogP contribution in [0, 0.1) is 11.6 Å². The van der Waals surface area contributed by atoms with Crippen molar-refractivity contribution in [3.63, 3.8) is 0 Å². The number of nitrogens with two attached hydrogens (primary N) is 2. The molecule has 6 aromatic rings. The predicted molar refractivity (Wildman–Crippen MR) is 199 cm³/mol. The number of benzene rings is 2. The van der Waals surface area contributed by atoms with Crippen LogP contribution in [-0.4, -0.2) is 128 Å². The molecule has 0 saturated carbocycles. The van der Waals surface area contributed by atoms with E-state index in [1.165, 1.54) is 54.1 Å². The second kappa shape index (κ2) is 16.9. The van der Waals surface area contributed by atoms with E-state index < -0.39 is 69.6 Å². The number of ether oxygens (including phenoxy) is 2. The van der Waals surface area contributed by atoms with Crippen LogP contribution in [0.25, 0.3) is 22.3 Å². The number of rotatable bonds is 4. The molecular formula is C34H35B2F2N10NaO11. The zero-order chi connectivity index (χ0) is 41.2. The number of aliphatic hydroxyl groups excluding tert-OH is 4. The molecule has 0 aliphatic carbocycles. The maximum atomic E-state index is 13.6. The smallest absolute Gasteiger partial charge is 0.537 e. The summed E-state index contributed by atoms with van der Waals surface area (Å²) in [6, 6.07) is 8.61. The van der Waals surface area contributed by atoms with Crippen LogP contribution in [0.4, 0.5) is 20.4 Å². The van der Waals surface area contributed by atoms with Gasteiger partial charge < -0.3 is 65.0 Å². The minimum atomic E-state index is -2.27. The molecule has 308 valence electrons. The number of halogens is 2. The molecule has 3 saturated heterocycles. The van der Waals surface area contributed by atoms with Crippen LogP contribution in [0.15, 0.2) is 61.7 Å². The van der Waals surface area contributed by atoms with Crippen molar-refractivity contribution in [3.8, 4) is 0 Å². The van der Waals surface area contributed by atoms with E-state index in [1.807, 2.05) is 0 Å². The van der Waals surface area contributed by atoms with E-state index in [4.69, 9.17) is 49.7 Å². The van der Waals surface area contributed by atoms with E-state index in [0.29, 0.717) is 45.4 Å². The molecule has 0 radical (unpaired) electrons. The molecule has 3 unspecified atom stereocenters. The largest absolute Gasteiger partial charge is 1.00 e. The van der Waals surface area contributed by atoms with Crippen LogP contribution in [0.1, 0.15) is 23.6 Å². The molecule has 9 heterocycles. The quantitative estimate of drug-likeness (QED) is 0.0816. The molecule has 9 atom stereocenters. The first-order valence-corrected chi connectivity index (χ1v) is 18.2. The number of imidazole rings is 2. The molecule has 5 aliphatic rings. The van der Waals surface area contributed by atoms with Crippen LogP contribution in [-0.2, 0) is 41.3 Å². The number of nitrogens with zero attached hydrogens (tertiary/aromatic N) is 8. The van der Waals surface area contributed by atoms with Crippen LogP contribution >= 0.6 is 0 Å². The van der Waals surface area contributed by atoms with Crippen molar-refractivity contribution in [2.24, 2.45) is 0 Å². The van der Waals surface area contributed by atoms with Crippen molar-refractivity contribution in [1.82, 2.24) is 39.0 Å². The number of aliphatic hydroxyl groups is 4. The van der Waals surface area contributed by atoms with Gasteiger partial charge in [-0.2, -0.15) is 0 Å². The third-order valence-electron chi connectivity index (χ3n) is 10.7. The van der Waals surface area contributed by atoms with E-state index >= 15 is 0 Å². The topological polar surface area (TPSA) is 296 Å². The number of nitrogen functional groups attached to an aromatic ring is 2. The van der Waals surface area contributed by atoms with E-state index in [1.54, 1.807) is 16.7 Å². The summed E-state index contributed by atoms with van der Waals surface area (Å²) in [7, 11) is -0.870. The number of fused-ring (bicyclic) bond motifs is 6. The molecule has 0 bridgehead atoms. The monoisotopic (exact) mass is 842 g/mol. The summed E-state index contributed by atoms with van der Waals surface area (Å²) < 4.78 is 63.9. The molecular weight excluding hydrogens is 807 g/mol. The standard InChI is InChI=1S/C17H16BFN5O5.C10H13N5O4.C7H6BFO2.Na/c19-9-1-2-10-8(3-9)5-26-18(10)28-13-11(4-25)27-17(14(13)29-18)24-7-23-12-15(20)21-6-22-16(12)24;11-8-5-9(13-2-12-8)15(3-14-5)10-7(18)6(17)4(1-16)19-10;9-6-1-2-7-5(3-6)4-11-8(7)10;/h1-3,6-7,11,13-14,17,25H,4-5H2,(H2,20,21,22);2-4,6-7,10,16-18H,1H2,(H2,11,12,13);1-3,10H,4H2;/q-1;;;+1/t11-,13+,14?,17-,18?;4-,6+,7?,10-;;/m11../s1. The Morgan fingerprint density at radius 2 is 1.32 bits per heavy atom. The molecule has 9 N–H and O–H groups in total. The van der Waals surface area contributed by atoms with Crippen molar-refractivity contribution in [3.05, 3.63) is 84.5 Å². The predicted octanol–water partition coefficient (Wildman–Crippen LogP) is -5.33. The van der Waals surface area contributed by atoms with Crippen molar-refractivity contribution in [1.29, 1.82) is 0 Å². The first-order chi connectivity index (χ1) is 28.5. The molecule has 0 amide bonds. The Hall–Kier alpha value is -4.31. The molecule has 3 fully saturated rings. The fourth-order valence-corrected chi connectivity index (χ4v) is 7.81. The summed E-state index contributed by atoms with van der Waals surface area (Å²) >= 11 is 0. The zero-order valence-corrected chi connectivity index (χ0v) is 33.5. The van der Waals surface area contributed by atoms with E-state index in [2.05, 4.69) is 29.9 Å². The van der Waals surface area contributed by atoms with Gasteiger partial charge in [0.1, 0.15) is 59.7 Å². The van der Waals surface area contributed by atoms with Gasteiger partial charge in [0, 0.05) is 6.61 Å². The number of hydrogen-bond acceptors (Lipinski definition) is 19. The van der Waals surface area contributed by atoms with Crippen molar-refractivity contribution >= 4 is 58.8 Å². The van der Waals surface area contributed by atoms with Gasteiger partial charge in [0.05, 0.1) is 44.7 Å². The first-order valence-electron chi connectivity index (χ1n) is 18.2. The first kappa shape index (κ1) is 42.4.